The molecular formula is C18H15ClN2OS. The van der Waals surface area contributed by atoms with Gasteiger partial charge in [0.05, 0.1) is 10.9 Å². The van der Waals surface area contributed by atoms with E-state index in [1.54, 1.807) is 18.3 Å². The number of rotatable bonds is 4. The van der Waals surface area contributed by atoms with E-state index >= 15 is 0 Å². The largest absolute Gasteiger partial charge is 0.322 e. The van der Waals surface area contributed by atoms with Crippen molar-refractivity contribution in [2.24, 2.45) is 0 Å². The highest BCUT2D eigenvalue weighted by molar-refractivity contribution is 8.00. The molecule has 0 radical (unpaired) electrons. The number of pyridine rings is 1. The Morgan fingerprint density at radius 1 is 1.13 bits per heavy atom. The molecule has 3 aromatic rings. The number of aromatic nitrogens is 1. The lowest BCUT2D eigenvalue weighted by atomic mass is 10.1. The van der Waals surface area contributed by atoms with Crippen molar-refractivity contribution in [1.29, 1.82) is 0 Å². The second-order valence-electron chi connectivity index (χ2n) is 5.10. The molecule has 0 fully saturated rings. The molecule has 0 bridgehead atoms. The van der Waals surface area contributed by atoms with Gasteiger partial charge in [-0.2, -0.15) is 0 Å². The number of hydrogen-bond donors (Lipinski definition) is 1. The van der Waals surface area contributed by atoms with Crippen molar-refractivity contribution in [3.05, 3.63) is 65.9 Å². The summed E-state index contributed by atoms with van der Waals surface area (Å²) >= 11 is 7.48. The molecule has 3 rings (SSSR count). The molecule has 0 aliphatic carbocycles. The first-order chi connectivity index (χ1) is 11.1. The lowest BCUT2D eigenvalue weighted by Gasteiger charge is -2.13. The third-order valence-corrected chi connectivity index (χ3v) is 4.81. The number of nitrogens with zero attached hydrogens (tertiary/aromatic N) is 1. The lowest BCUT2D eigenvalue weighted by molar-refractivity contribution is -0.115. The molecule has 1 N–H and O–H groups in total. The second kappa shape index (κ2) is 7.02. The van der Waals surface area contributed by atoms with Crippen molar-refractivity contribution in [3.8, 4) is 0 Å². The molecule has 3 nitrogen and oxygen atoms in total. The van der Waals surface area contributed by atoms with E-state index in [0.717, 1.165) is 4.90 Å². The van der Waals surface area contributed by atoms with Gasteiger partial charge in [0.25, 0.3) is 0 Å². The summed E-state index contributed by atoms with van der Waals surface area (Å²) < 4.78 is 0. The average molecular weight is 343 g/mol. The standard InChI is InChI=1S/C18H15ClN2OS/c1-12(18(22)21-16-7-4-10-20-17(16)19)23-15-9-8-13-5-2-3-6-14(13)11-15/h2-12H,1H3,(H,21,22)/t12-/m1/s1. The fourth-order valence-electron chi connectivity index (χ4n) is 2.21. The lowest BCUT2D eigenvalue weighted by Crippen LogP contribution is -2.22. The van der Waals surface area contributed by atoms with Gasteiger partial charge in [-0.25, -0.2) is 4.98 Å². The Bertz CT molecular complexity index is 853. The minimum absolute atomic E-state index is 0.0990. The molecular weight excluding hydrogens is 328 g/mol. The molecule has 0 saturated carbocycles. The number of halogens is 1. The van der Waals surface area contributed by atoms with E-state index in [0.29, 0.717) is 10.8 Å². The molecule has 0 saturated heterocycles. The van der Waals surface area contributed by atoms with Crippen LogP contribution in [0.2, 0.25) is 5.15 Å². The van der Waals surface area contributed by atoms with Crippen molar-refractivity contribution in [1.82, 2.24) is 4.98 Å². The highest BCUT2D eigenvalue weighted by Gasteiger charge is 2.16. The average Bonchev–Trinajstić information content (AvgIpc) is 2.56. The van der Waals surface area contributed by atoms with Crippen molar-refractivity contribution >= 4 is 45.7 Å². The van der Waals surface area contributed by atoms with Gasteiger partial charge in [0.2, 0.25) is 5.91 Å². The first-order valence-electron chi connectivity index (χ1n) is 7.20. The van der Waals surface area contributed by atoms with Gasteiger partial charge in [0, 0.05) is 11.1 Å². The Balaban J connectivity index is 1.71. The van der Waals surface area contributed by atoms with E-state index in [1.165, 1.54) is 22.5 Å². The topological polar surface area (TPSA) is 42.0 Å². The van der Waals surface area contributed by atoms with Gasteiger partial charge in [0.15, 0.2) is 5.15 Å². The van der Waals surface area contributed by atoms with Crippen LogP contribution in [0.5, 0.6) is 0 Å². The molecule has 116 valence electrons. The number of anilines is 1. The summed E-state index contributed by atoms with van der Waals surface area (Å²) in [5.74, 6) is -0.0990. The molecule has 5 heteroatoms. The fourth-order valence-corrected chi connectivity index (χ4v) is 3.29. The van der Waals surface area contributed by atoms with Crippen molar-refractivity contribution < 1.29 is 4.79 Å². The zero-order chi connectivity index (χ0) is 16.2. The Morgan fingerprint density at radius 3 is 2.70 bits per heavy atom. The molecule has 23 heavy (non-hydrogen) atoms. The Morgan fingerprint density at radius 2 is 1.91 bits per heavy atom. The van der Waals surface area contributed by atoms with E-state index in [9.17, 15) is 4.79 Å². The van der Waals surface area contributed by atoms with Gasteiger partial charge in [-0.3, -0.25) is 4.79 Å². The number of nitrogens with one attached hydrogen (secondary N) is 1. The second-order valence-corrected chi connectivity index (χ2v) is 6.87. The summed E-state index contributed by atoms with van der Waals surface area (Å²) in [5, 5.41) is 5.22. The first kappa shape index (κ1) is 15.8. The van der Waals surface area contributed by atoms with Gasteiger partial charge in [0.1, 0.15) is 0 Å². The maximum atomic E-state index is 12.3. The number of benzene rings is 2. The van der Waals surface area contributed by atoms with Crippen LogP contribution in [0.25, 0.3) is 10.8 Å². The smallest absolute Gasteiger partial charge is 0.237 e. The van der Waals surface area contributed by atoms with E-state index in [4.69, 9.17) is 11.6 Å². The Labute approximate surface area is 144 Å². The van der Waals surface area contributed by atoms with Crippen LogP contribution in [0.15, 0.2) is 65.7 Å². The molecule has 0 aliphatic heterocycles. The number of amides is 1. The third kappa shape index (κ3) is 3.84. The molecule has 1 aromatic heterocycles. The van der Waals surface area contributed by atoms with Crippen LogP contribution in [-0.2, 0) is 4.79 Å². The zero-order valence-corrected chi connectivity index (χ0v) is 14.1. The maximum Gasteiger partial charge on any atom is 0.237 e. The van der Waals surface area contributed by atoms with Crippen LogP contribution in [0.4, 0.5) is 5.69 Å². The summed E-state index contributed by atoms with van der Waals surface area (Å²) in [6.45, 7) is 1.87. The number of fused-ring (bicyclic) bond motifs is 1. The fraction of sp³-hybridized carbons (Fsp3) is 0.111. The minimum Gasteiger partial charge on any atom is -0.322 e. The van der Waals surface area contributed by atoms with Crippen LogP contribution in [0, 0.1) is 0 Å². The molecule has 0 aliphatic rings. The highest BCUT2D eigenvalue weighted by atomic mass is 35.5. The van der Waals surface area contributed by atoms with Crippen LogP contribution >= 0.6 is 23.4 Å². The van der Waals surface area contributed by atoms with Crippen LogP contribution in [-0.4, -0.2) is 16.1 Å². The summed E-state index contributed by atoms with van der Waals surface area (Å²) in [4.78, 5) is 17.3. The van der Waals surface area contributed by atoms with Gasteiger partial charge >= 0.3 is 0 Å². The van der Waals surface area contributed by atoms with E-state index in [-0.39, 0.29) is 11.2 Å². The van der Waals surface area contributed by atoms with Crippen LogP contribution in [0.1, 0.15) is 6.92 Å². The minimum atomic E-state index is -0.243. The van der Waals surface area contributed by atoms with Gasteiger partial charge in [-0.05, 0) is 42.0 Å². The normalized spacial score (nSPS) is 12.1. The summed E-state index contributed by atoms with van der Waals surface area (Å²) in [5.41, 5.74) is 0.533. The quantitative estimate of drug-likeness (QED) is 0.535. The monoisotopic (exact) mass is 342 g/mol. The zero-order valence-electron chi connectivity index (χ0n) is 12.5. The highest BCUT2D eigenvalue weighted by Crippen LogP contribution is 2.28. The van der Waals surface area contributed by atoms with Crippen molar-refractivity contribution in [3.63, 3.8) is 0 Å². The first-order valence-corrected chi connectivity index (χ1v) is 8.46. The molecule has 1 heterocycles. The number of hydrogen-bond acceptors (Lipinski definition) is 3. The Hall–Kier alpha value is -2.04. The maximum absolute atomic E-state index is 12.3. The summed E-state index contributed by atoms with van der Waals surface area (Å²) in [6, 6.07) is 17.8. The number of carbonyl (C=O) groups excluding carboxylic acids is 1. The van der Waals surface area contributed by atoms with E-state index in [1.807, 2.05) is 25.1 Å². The molecule has 1 atom stereocenters. The summed E-state index contributed by atoms with van der Waals surface area (Å²) in [6.07, 6.45) is 1.59. The molecule has 1 amide bonds. The number of thioether (sulfide) groups is 1. The van der Waals surface area contributed by atoms with E-state index < -0.39 is 0 Å². The third-order valence-electron chi connectivity index (χ3n) is 3.42. The van der Waals surface area contributed by atoms with Gasteiger partial charge in [-0.15, -0.1) is 11.8 Å². The predicted octanol–water partition coefficient (Wildman–Crippen LogP) is 5.01. The Kier molecular flexibility index (Phi) is 4.84. The van der Waals surface area contributed by atoms with Crippen LogP contribution in [0.3, 0.4) is 0 Å². The number of carbonyl (C=O) groups is 1. The van der Waals surface area contributed by atoms with Crippen molar-refractivity contribution in [2.75, 3.05) is 5.32 Å². The summed E-state index contributed by atoms with van der Waals surface area (Å²) in [7, 11) is 0. The van der Waals surface area contributed by atoms with Crippen molar-refractivity contribution in [2.45, 2.75) is 17.1 Å². The van der Waals surface area contributed by atoms with E-state index in [2.05, 4.69) is 34.6 Å². The molecule has 0 unspecified atom stereocenters. The SMILES string of the molecule is C[C@@H](Sc1ccc2ccccc2c1)C(=O)Nc1cccnc1Cl. The van der Waals surface area contributed by atoms with Gasteiger partial charge in [-0.1, -0.05) is 41.9 Å². The predicted molar refractivity (Wildman–Crippen MR) is 97.1 cm³/mol. The molecule has 0 spiro atoms. The van der Waals surface area contributed by atoms with Crippen LogP contribution < -0.4 is 5.32 Å². The van der Waals surface area contributed by atoms with Gasteiger partial charge < -0.3 is 5.32 Å². The molecule has 2 aromatic carbocycles.